The molecule has 1 fully saturated rings. The number of hydrogen-bond acceptors (Lipinski definition) is 5. The number of amides is 1. The van der Waals surface area contributed by atoms with Gasteiger partial charge in [-0.1, -0.05) is 39.2 Å². The Balaban J connectivity index is 1.87. The smallest absolute Gasteiger partial charge is 0.326 e. The van der Waals surface area contributed by atoms with Crippen molar-refractivity contribution < 1.29 is 29.3 Å². The maximum absolute atomic E-state index is 13.2. The van der Waals surface area contributed by atoms with Crippen LogP contribution in [0.25, 0.3) is 0 Å². The quantitative estimate of drug-likeness (QED) is 0.614. The summed E-state index contributed by atoms with van der Waals surface area (Å²) in [5.41, 5.74) is 0.610. The molecule has 160 valence electrons. The zero-order chi connectivity index (χ0) is 21.0. The van der Waals surface area contributed by atoms with Crippen molar-refractivity contribution in [2.75, 3.05) is 6.79 Å². The third kappa shape index (κ3) is 5.21. The molecule has 1 saturated carbocycles. The lowest BCUT2D eigenvalue weighted by Crippen LogP contribution is -2.47. The number of carboxylic acids is 1. The van der Waals surface area contributed by atoms with E-state index in [-0.39, 0.29) is 18.6 Å². The molecule has 3 atom stereocenters. The van der Waals surface area contributed by atoms with Crippen LogP contribution < -0.4 is 14.8 Å². The molecule has 1 heterocycles. The molecule has 0 bridgehead atoms. The van der Waals surface area contributed by atoms with E-state index in [1.165, 1.54) is 0 Å². The van der Waals surface area contributed by atoms with Gasteiger partial charge in [0.15, 0.2) is 11.5 Å². The maximum atomic E-state index is 13.2. The van der Waals surface area contributed by atoms with Crippen molar-refractivity contribution in [3.8, 4) is 11.5 Å². The second-order valence-corrected chi connectivity index (χ2v) is 8.51. The third-order valence-electron chi connectivity index (χ3n) is 5.83. The van der Waals surface area contributed by atoms with Crippen LogP contribution in [0.5, 0.6) is 11.5 Å². The van der Waals surface area contributed by atoms with Crippen LogP contribution in [0, 0.1) is 11.8 Å². The molecule has 7 nitrogen and oxygen atoms in total. The molecule has 0 saturated heterocycles. The van der Waals surface area contributed by atoms with Gasteiger partial charge in [-0.25, -0.2) is 4.79 Å². The molecule has 0 aromatic heterocycles. The van der Waals surface area contributed by atoms with Crippen LogP contribution in [0.15, 0.2) is 18.2 Å². The Morgan fingerprint density at radius 3 is 2.48 bits per heavy atom. The van der Waals surface area contributed by atoms with Gasteiger partial charge < -0.3 is 25.0 Å². The molecule has 1 aliphatic carbocycles. The van der Waals surface area contributed by atoms with Crippen molar-refractivity contribution in [3.63, 3.8) is 0 Å². The molecular weight excluding hydrogens is 374 g/mol. The van der Waals surface area contributed by atoms with Crippen molar-refractivity contribution in [1.29, 1.82) is 0 Å². The largest absolute Gasteiger partial charge is 0.480 e. The monoisotopic (exact) mass is 405 g/mol. The van der Waals surface area contributed by atoms with Gasteiger partial charge in [-0.05, 0) is 48.8 Å². The molecule has 2 unspecified atom stereocenters. The minimum atomic E-state index is -1.07. The molecule has 29 heavy (non-hydrogen) atoms. The molecule has 1 amide bonds. The lowest BCUT2D eigenvalue weighted by Gasteiger charge is -2.32. The predicted molar refractivity (Wildman–Crippen MR) is 107 cm³/mol. The van der Waals surface area contributed by atoms with Crippen LogP contribution in [0.1, 0.15) is 63.9 Å². The van der Waals surface area contributed by atoms with Gasteiger partial charge >= 0.3 is 5.97 Å². The van der Waals surface area contributed by atoms with Gasteiger partial charge in [0, 0.05) is 0 Å². The number of carbonyl (C=O) groups is 2. The number of rotatable bonds is 8. The molecule has 0 radical (unpaired) electrons. The molecule has 1 aromatic rings. The Kier molecular flexibility index (Phi) is 7.00. The van der Waals surface area contributed by atoms with E-state index in [0.717, 1.165) is 32.1 Å². The summed E-state index contributed by atoms with van der Waals surface area (Å²) in [6.07, 6.45) is 4.37. The number of nitrogens with one attached hydrogen (secondary N) is 1. The number of carbonyl (C=O) groups excluding carboxylic acids is 1. The summed E-state index contributed by atoms with van der Waals surface area (Å²) in [6.45, 7) is 3.94. The molecule has 7 heteroatoms. The number of benzene rings is 1. The molecule has 1 aliphatic heterocycles. The van der Waals surface area contributed by atoms with Crippen LogP contribution >= 0.6 is 0 Å². The SMILES string of the molecule is CC(C)C[C@H](NC(=O)C(c1ccc2c(c1)OCO2)C(O)C1CCCCC1)C(=O)O. The number of ether oxygens (including phenoxy) is 2. The fraction of sp³-hybridized carbons (Fsp3) is 0.636. The fourth-order valence-corrected chi connectivity index (χ4v) is 4.31. The Hall–Kier alpha value is -2.28. The predicted octanol–water partition coefficient (Wildman–Crippen LogP) is 3.06. The van der Waals surface area contributed by atoms with E-state index in [2.05, 4.69) is 5.32 Å². The average Bonchev–Trinajstić information content (AvgIpc) is 3.15. The van der Waals surface area contributed by atoms with Gasteiger partial charge in [-0.15, -0.1) is 0 Å². The van der Waals surface area contributed by atoms with Gasteiger partial charge in [0.2, 0.25) is 12.7 Å². The van der Waals surface area contributed by atoms with Gasteiger partial charge in [-0.3, -0.25) is 4.79 Å². The minimum absolute atomic E-state index is 0.0123. The van der Waals surface area contributed by atoms with Crippen LogP contribution in [0.2, 0.25) is 0 Å². The minimum Gasteiger partial charge on any atom is -0.480 e. The average molecular weight is 405 g/mol. The highest BCUT2D eigenvalue weighted by Gasteiger charge is 2.37. The van der Waals surface area contributed by atoms with E-state index in [0.29, 0.717) is 23.5 Å². The molecule has 3 rings (SSSR count). The van der Waals surface area contributed by atoms with Gasteiger partial charge in [-0.2, -0.15) is 0 Å². The lowest BCUT2D eigenvalue weighted by atomic mass is 9.77. The second kappa shape index (κ2) is 9.48. The van der Waals surface area contributed by atoms with Crippen LogP contribution in [0.3, 0.4) is 0 Å². The molecule has 1 aromatic carbocycles. The van der Waals surface area contributed by atoms with Gasteiger partial charge in [0.05, 0.1) is 12.0 Å². The molecule has 0 spiro atoms. The van der Waals surface area contributed by atoms with E-state index in [9.17, 15) is 19.8 Å². The Labute approximate surface area is 171 Å². The number of aliphatic carboxylic acids is 1. The molecular formula is C22H31NO6. The van der Waals surface area contributed by atoms with Gasteiger partial charge in [0.1, 0.15) is 6.04 Å². The zero-order valence-electron chi connectivity index (χ0n) is 17.1. The normalized spacial score (nSPS) is 19.6. The zero-order valence-corrected chi connectivity index (χ0v) is 17.1. The first-order valence-corrected chi connectivity index (χ1v) is 10.5. The topological polar surface area (TPSA) is 105 Å². The van der Waals surface area contributed by atoms with Crippen molar-refractivity contribution in [3.05, 3.63) is 23.8 Å². The highest BCUT2D eigenvalue weighted by atomic mass is 16.7. The van der Waals surface area contributed by atoms with E-state index in [1.54, 1.807) is 18.2 Å². The second-order valence-electron chi connectivity index (χ2n) is 8.51. The summed E-state index contributed by atoms with van der Waals surface area (Å²) >= 11 is 0. The van der Waals surface area contributed by atoms with E-state index < -0.39 is 29.9 Å². The summed E-state index contributed by atoms with van der Waals surface area (Å²) in [5.74, 6) is -1.13. The van der Waals surface area contributed by atoms with Gasteiger partial charge in [0.25, 0.3) is 0 Å². The Morgan fingerprint density at radius 1 is 1.14 bits per heavy atom. The van der Waals surface area contributed by atoms with E-state index >= 15 is 0 Å². The standard InChI is InChI=1S/C22H31NO6/c1-13(2)10-16(22(26)27)23-21(25)19(20(24)14-6-4-3-5-7-14)15-8-9-17-18(11-15)29-12-28-17/h8-9,11,13-14,16,19-20,24H,3-7,10,12H2,1-2H3,(H,23,25)(H,26,27)/t16-,19?,20?/m0/s1. The van der Waals surface area contributed by atoms with Crippen molar-refractivity contribution in [2.24, 2.45) is 11.8 Å². The first-order valence-electron chi connectivity index (χ1n) is 10.5. The first-order chi connectivity index (χ1) is 13.9. The molecule has 3 N–H and O–H groups in total. The Morgan fingerprint density at radius 2 is 1.83 bits per heavy atom. The maximum Gasteiger partial charge on any atom is 0.326 e. The summed E-state index contributed by atoms with van der Waals surface area (Å²) in [5, 5.41) is 23.3. The first kappa shape index (κ1) is 21.4. The highest BCUT2D eigenvalue weighted by molar-refractivity contribution is 5.88. The van der Waals surface area contributed by atoms with Crippen LogP contribution in [0.4, 0.5) is 0 Å². The third-order valence-corrected chi connectivity index (χ3v) is 5.83. The fourth-order valence-electron chi connectivity index (χ4n) is 4.31. The summed E-state index contributed by atoms with van der Waals surface area (Å²) < 4.78 is 10.8. The van der Waals surface area contributed by atoms with E-state index in [4.69, 9.17) is 9.47 Å². The summed E-state index contributed by atoms with van der Waals surface area (Å²) in [6, 6.07) is 4.21. The number of aliphatic hydroxyl groups is 1. The summed E-state index contributed by atoms with van der Waals surface area (Å²) in [7, 11) is 0. The molecule has 2 aliphatic rings. The van der Waals surface area contributed by atoms with Crippen LogP contribution in [-0.4, -0.2) is 41.0 Å². The number of carboxylic acid groups (broad SMARTS) is 1. The van der Waals surface area contributed by atoms with Crippen LogP contribution in [-0.2, 0) is 9.59 Å². The number of aliphatic hydroxyl groups excluding tert-OH is 1. The van der Waals surface area contributed by atoms with Crippen molar-refractivity contribution in [1.82, 2.24) is 5.32 Å². The number of hydrogen-bond donors (Lipinski definition) is 3. The van der Waals surface area contributed by atoms with Crippen molar-refractivity contribution in [2.45, 2.75) is 70.4 Å². The number of fused-ring (bicyclic) bond motifs is 1. The van der Waals surface area contributed by atoms with Crippen molar-refractivity contribution >= 4 is 11.9 Å². The summed E-state index contributed by atoms with van der Waals surface area (Å²) in [4.78, 5) is 24.9. The Bertz CT molecular complexity index is 728. The van der Waals surface area contributed by atoms with E-state index in [1.807, 2.05) is 13.8 Å². The highest BCUT2D eigenvalue weighted by Crippen LogP contribution is 2.38. The lowest BCUT2D eigenvalue weighted by molar-refractivity contribution is -0.143.